The second-order valence-electron chi connectivity index (χ2n) is 6.57. The quantitative estimate of drug-likeness (QED) is 0.201. The smallest absolute Gasteiger partial charge is 0.308 e. The summed E-state index contributed by atoms with van der Waals surface area (Å²) >= 11 is 0. The topological polar surface area (TPSA) is 116 Å². The second kappa shape index (κ2) is 7.71. The van der Waals surface area contributed by atoms with Crippen molar-refractivity contribution in [3.05, 3.63) is 88.0 Å². The van der Waals surface area contributed by atoms with Crippen molar-refractivity contribution >= 4 is 29.2 Å². The summed E-state index contributed by atoms with van der Waals surface area (Å²) in [4.78, 5) is 48.6. The third-order valence-electron chi connectivity index (χ3n) is 4.48. The van der Waals surface area contributed by atoms with Gasteiger partial charge in [-0.25, -0.2) is 4.90 Å². The Labute approximate surface area is 175 Å². The number of amides is 2. The van der Waals surface area contributed by atoms with Gasteiger partial charge in [0.05, 0.1) is 27.8 Å². The molecule has 0 atom stereocenters. The monoisotopic (exact) mass is 418 g/mol. The Bertz CT molecular complexity index is 1250. The van der Waals surface area contributed by atoms with E-state index < -0.39 is 22.7 Å². The van der Waals surface area contributed by atoms with Crippen LogP contribution < -0.4 is 14.4 Å². The maximum Gasteiger partial charge on any atom is 0.308 e. The van der Waals surface area contributed by atoms with Crippen molar-refractivity contribution in [3.63, 3.8) is 0 Å². The number of nitro groups is 1. The van der Waals surface area contributed by atoms with E-state index in [4.69, 9.17) is 9.47 Å². The summed E-state index contributed by atoms with van der Waals surface area (Å²) in [6.45, 7) is 1.22. The Morgan fingerprint density at radius 2 is 1.61 bits per heavy atom. The summed E-state index contributed by atoms with van der Waals surface area (Å²) in [7, 11) is 0. The number of non-ortho nitro benzene ring substituents is 1. The molecule has 0 unspecified atom stereocenters. The van der Waals surface area contributed by atoms with Gasteiger partial charge < -0.3 is 9.47 Å². The second-order valence-corrected chi connectivity index (χ2v) is 6.57. The van der Waals surface area contributed by atoms with Gasteiger partial charge in [-0.2, -0.15) is 0 Å². The van der Waals surface area contributed by atoms with Gasteiger partial charge in [-0.05, 0) is 36.4 Å². The average Bonchev–Trinajstić information content (AvgIpc) is 2.98. The van der Waals surface area contributed by atoms with Crippen LogP contribution in [0.15, 0.2) is 66.7 Å². The van der Waals surface area contributed by atoms with Crippen LogP contribution >= 0.6 is 0 Å². The van der Waals surface area contributed by atoms with Gasteiger partial charge in [0.15, 0.2) is 5.75 Å². The predicted octanol–water partition coefficient (Wildman–Crippen LogP) is 4.11. The summed E-state index contributed by atoms with van der Waals surface area (Å²) < 4.78 is 10.8. The molecule has 4 rings (SSSR count). The molecule has 3 aromatic carbocycles. The zero-order chi connectivity index (χ0) is 22.1. The lowest BCUT2D eigenvalue weighted by atomic mass is 10.1. The number of carbonyl (C=O) groups is 3. The summed E-state index contributed by atoms with van der Waals surface area (Å²) in [5.41, 5.74) is 0.266. The summed E-state index contributed by atoms with van der Waals surface area (Å²) in [5, 5.41) is 10.9. The maximum absolute atomic E-state index is 13.0. The van der Waals surface area contributed by atoms with Crippen molar-refractivity contribution in [2.24, 2.45) is 0 Å². The van der Waals surface area contributed by atoms with E-state index in [1.165, 1.54) is 61.5 Å². The highest BCUT2D eigenvalue weighted by Crippen LogP contribution is 2.36. The molecule has 1 aliphatic heterocycles. The Balaban J connectivity index is 1.66. The molecule has 1 aliphatic rings. The van der Waals surface area contributed by atoms with E-state index in [1.807, 2.05) is 0 Å². The highest BCUT2D eigenvalue weighted by molar-refractivity contribution is 6.35. The van der Waals surface area contributed by atoms with Crippen LogP contribution in [0, 0.1) is 10.1 Å². The Hall–Kier alpha value is -4.53. The number of carbonyl (C=O) groups excluding carboxylic acids is 3. The minimum atomic E-state index is -0.607. The number of nitro benzene ring substituents is 1. The SMILES string of the molecule is CC(=O)Oc1ccccc1N1C(=O)c2ccc(Oc3cccc([N+](=O)[O-])c3)cc2C1=O. The number of rotatable bonds is 5. The molecule has 0 aromatic heterocycles. The van der Waals surface area contributed by atoms with E-state index in [0.717, 1.165) is 4.90 Å². The molecule has 9 heteroatoms. The standard InChI is InChI=1S/C22H14N2O7/c1-13(25)30-20-8-3-2-7-19(20)23-21(26)17-10-9-16(12-18(17)22(23)27)31-15-6-4-5-14(11-15)24(28)29/h2-12H,1H3. The first-order valence-electron chi connectivity index (χ1n) is 9.08. The van der Waals surface area contributed by atoms with Crippen molar-refractivity contribution in [3.8, 4) is 17.2 Å². The van der Waals surface area contributed by atoms with E-state index >= 15 is 0 Å². The van der Waals surface area contributed by atoms with Crippen LogP contribution in [0.25, 0.3) is 0 Å². The van der Waals surface area contributed by atoms with Gasteiger partial charge >= 0.3 is 5.97 Å². The van der Waals surface area contributed by atoms with Crippen molar-refractivity contribution in [2.45, 2.75) is 6.92 Å². The number of esters is 1. The molecule has 0 fully saturated rings. The van der Waals surface area contributed by atoms with E-state index in [2.05, 4.69) is 0 Å². The number of hydrogen-bond acceptors (Lipinski definition) is 7. The van der Waals surface area contributed by atoms with Crippen LogP contribution in [0.1, 0.15) is 27.6 Å². The maximum atomic E-state index is 13.0. The molecule has 3 aromatic rings. The number of para-hydroxylation sites is 2. The minimum absolute atomic E-state index is 0.0811. The van der Waals surface area contributed by atoms with Crippen molar-refractivity contribution in [1.29, 1.82) is 0 Å². The summed E-state index contributed by atoms with van der Waals surface area (Å²) in [6.07, 6.45) is 0. The van der Waals surface area contributed by atoms with Crippen molar-refractivity contribution < 1.29 is 28.8 Å². The molecule has 0 bridgehead atoms. The van der Waals surface area contributed by atoms with Gasteiger partial charge in [-0.15, -0.1) is 0 Å². The van der Waals surface area contributed by atoms with Gasteiger partial charge in [-0.3, -0.25) is 24.5 Å². The first kappa shape index (κ1) is 19.8. The molecule has 0 saturated carbocycles. The van der Waals surface area contributed by atoms with E-state index in [1.54, 1.807) is 12.1 Å². The normalized spacial score (nSPS) is 12.5. The molecule has 0 radical (unpaired) electrons. The Kier molecular flexibility index (Phi) is 4.92. The van der Waals surface area contributed by atoms with Gasteiger partial charge in [0.25, 0.3) is 17.5 Å². The third-order valence-corrected chi connectivity index (χ3v) is 4.48. The zero-order valence-corrected chi connectivity index (χ0v) is 16.1. The number of fused-ring (bicyclic) bond motifs is 1. The van der Waals surface area contributed by atoms with Gasteiger partial charge in [0.2, 0.25) is 0 Å². The molecule has 1 heterocycles. The van der Waals surface area contributed by atoms with Crippen LogP contribution in [-0.4, -0.2) is 22.7 Å². The van der Waals surface area contributed by atoms with Crippen molar-refractivity contribution in [1.82, 2.24) is 0 Å². The number of imide groups is 1. The molecular formula is C22H14N2O7. The largest absolute Gasteiger partial charge is 0.457 e. The van der Waals surface area contributed by atoms with Crippen LogP contribution in [0.5, 0.6) is 17.2 Å². The first-order chi connectivity index (χ1) is 14.8. The van der Waals surface area contributed by atoms with Crippen LogP contribution in [0.2, 0.25) is 0 Å². The molecule has 0 aliphatic carbocycles. The van der Waals surface area contributed by atoms with Crippen LogP contribution in [-0.2, 0) is 4.79 Å². The lowest BCUT2D eigenvalue weighted by Gasteiger charge is -2.17. The zero-order valence-electron chi connectivity index (χ0n) is 16.1. The number of anilines is 1. The molecule has 2 amide bonds. The molecule has 0 spiro atoms. The number of hydrogen-bond donors (Lipinski definition) is 0. The summed E-state index contributed by atoms with van der Waals surface area (Å²) in [6, 6.07) is 16.1. The number of benzene rings is 3. The molecular weight excluding hydrogens is 404 g/mol. The molecule has 0 N–H and O–H groups in total. The Morgan fingerprint density at radius 3 is 2.35 bits per heavy atom. The van der Waals surface area contributed by atoms with Crippen LogP contribution in [0.3, 0.4) is 0 Å². The van der Waals surface area contributed by atoms with Gasteiger partial charge in [0, 0.05) is 13.0 Å². The third kappa shape index (κ3) is 3.71. The highest BCUT2D eigenvalue weighted by Gasteiger charge is 2.38. The molecule has 31 heavy (non-hydrogen) atoms. The lowest BCUT2D eigenvalue weighted by molar-refractivity contribution is -0.384. The van der Waals surface area contributed by atoms with E-state index in [-0.39, 0.29) is 39.8 Å². The van der Waals surface area contributed by atoms with Gasteiger partial charge in [-0.1, -0.05) is 18.2 Å². The van der Waals surface area contributed by atoms with E-state index in [9.17, 15) is 24.5 Å². The lowest BCUT2D eigenvalue weighted by Crippen LogP contribution is -2.30. The fraction of sp³-hybridized carbons (Fsp3) is 0.0455. The minimum Gasteiger partial charge on any atom is -0.457 e. The fourth-order valence-corrected chi connectivity index (χ4v) is 3.18. The van der Waals surface area contributed by atoms with Crippen LogP contribution in [0.4, 0.5) is 11.4 Å². The molecule has 9 nitrogen and oxygen atoms in total. The number of ether oxygens (including phenoxy) is 2. The van der Waals surface area contributed by atoms with E-state index in [0.29, 0.717) is 0 Å². The molecule has 0 saturated heterocycles. The molecule has 154 valence electrons. The predicted molar refractivity (Wildman–Crippen MR) is 109 cm³/mol. The fourth-order valence-electron chi connectivity index (χ4n) is 3.18. The number of nitrogens with zero attached hydrogens (tertiary/aromatic N) is 2. The van der Waals surface area contributed by atoms with Crippen molar-refractivity contribution in [2.75, 3.05) is 4.90 Å². The summed E-state index contributed by atoms with van der Waals surface area (Å²) in [5.74, 6) is -1.24. The average molecular weight is 418 g/mol. The Morgan fingerprint density at radius 1 is 0.903 bits per heavy atom. The van der Waals surface area contributed by atoms with Gasteiger partial charge in [0.1, 0.15) is 11.5 Å². The first-order valence-corrected chi connectivity index (χ1v) is 9.08. The highest BCUT2D eigenvalue weighted by atomic mass is 16.6.